The normalized spacial score (nSPS) is 30.1. The first-order chi connectivity index (χ1) is 21.9. The lowest BCUT2D eigenvalue weighted by molar-refractivity contribution is -0.153. The first-order valence-electron chi connectivity index (χ1n) is 17.6. The van der Waals surface area contributed by atoms with E-state index >= 15 is 0 Å². The Morgan fingerprint density at radius 3 is 2.24 bits per heavy atom. The maximum Gasteiger partial charge on any atom is 0.257 e. The van der Waals surface area contributed by atoms with Crippen LogP contribution in [0.15, 0.2) is 12.4 Å². The summed E-state index contributed by atoms with van der Waals surface area (Å²) in [7, 11) is 0. The van der Waals surface area contributed by atoms with Gasteiger partial charge in [-0.25, -0.2) is 0 Å². The summed E-state index contributed by atoms with van der Waals surface area (Å²) in [4.78, 5) is 60.8. The van der Waals surface area contributed by atoms with E-state index in [1.54, 1.807) is 11.1 Å². The molecule has 0 aromatic carbocycles. The highest BCUT2D eigenvalue weighted by molar-refractivity contribution is 5.95. The van der Waals surface area contributed by atoms with Crippen molar-refractivity contribution in [2.75, 3.05) is 45.9 Å². The summed E-state index contributed by atoms with van der Waals surface area (Å²) >= 11 is 0. The minimum atomic E-state index is -0.825. The number of likely N-dealkylation sites (tertiary alicyclic amines) is 3. The molecule has 6 rings (SSSR count). The van der Waals surface area contributed by atoms with Gasteiger partial charge in [-0.1, -0.05) is 47.0 Å². The Balaban J connectivity index is 1.20. The number of aromatic nitrogens is 2. The van der Waals surface area contributed by atoms with Gasteiger partial charge >= 0.3 is 0 Å². The number of amides is 4. The Labute approximate surface area is 273 Å². The number of H-pyrrole nitrogens is 1. The van der Waals surface area contributed by atoms with Crippen molar-refractivity contribution in [3.63, 3.8) is 0 Å². The summed E-state index contributed by atoms with van der Waals surface area (Å²) in [6.07, 6.45) is 10.5. The molecular formula is C35H54N6O5. The van der Waals surface area contributed by atoms with Gasteiger partial charge in [-0.2, -0.15) is 5.10 Å². The van der Waals surface area contributed by atoms with E-state index in [0.717, 1.165) is 25.7 Å². The standard InChI is InChI=1S/C35H54N6O5/c1-22-11-23(2)16-39(15-22)33(45)29(24(3)46-18-25-9-7-6-8-10-25)38-30(42)28-17-40(31(43)26-13-36-37-14-26)19-35(28)20-41(21-35)32(44)27-12-34(27,4)5/h13-14,22-25,27-29H,6-12,15-21H2,1-5H3,(H,36,37)(H,38,42)/t22-,23+,24-,27-,28-,29+/m1/s1. The molecule has 3 aliphatic heterocycles. The Hall–Kier alpha value is -2.95. The van der Waals surface area contributed by atoms with Crippen LogP contribution < -0.4 is 5.32 Å². The van der Waals surface area contributed by atoms with Gasteiger partial charge in [0, 0.05) is 63.4 Å². The molecule has 0 radical (unpaired) electrons. The van der Waals surface area contributed by atoms with Gasteiger partial charge in [0.05, 0.1) is 23.8 Å². The maximum atomic E-state index is 14.4. The first-order valence-corrected chi connectivity index (χ1v) is 17.6. The number of aromatic amines is 1. The minimum absolute atomic E-state index is 0.0143. The van der Waals surface area contributed by atoms with Crippen LogP contribution >= 0.6 is 0 Å². The Morgan fingerprint density at radius 1 is 0.978 bits per heavy atom. The lowest BCUT2D eigenvalue weighted by Crippen LogP contribution is -2.65. The minimum Gasteiger partial charge on any atom is -0.376 e. The summed E-state index contributed by atoms with van der Waals surface area (Å²) in [6.45, 7) is 13.9. The molecule has 5 fully saturated rings. The molecule has 0 unspecified atom stereocenters. The smallest absolute Gasteiger partial charge is 0.257 e. The van der Waals surface area contributed by atoms with Crippen LogP contribution in [-0.2, 0) is 19.1 Å². The molecule has 4 heterocycles. The molecule has 4 amide bonds. The zero-order valence-corrected chi connectivity index (χ0v) is 28.4. The van der Waals surface area contributed by atoms with Crippen molar-refractivity contribution in [1.29, 1.82) is 0 Å². The molecular weight excluding hydrogens is 584 g/mol. The fourth-order valence-corrected chi connectivity index (χ4v) is 8.75. The van der Waals surface area contributed by atoms with Crippen molar-refractivity contribution in [3.05, 3.63) is 18.0 Å². The number of hydrogen-bond acceptors (Lipinski definition) is 6. The number of nitrogens with one attached hydrogen (secondary N) is 2. The van der Waals surface area contributed by atoms with Gasteiger partial charge in [0.1, 0.15) is 6.04 Å². The zero-order chi connectivity index (χ0) is 32.8. The predicted molar refractivity (Wildman–Crippen MR) is 172 cm³/mol. The molecule has 1 spiro atoms. The Kier molecular flexibility index (Phi) is 9.26. The van der Waals surface area contributed by atoms with Crippen LogP contribution in [0.25, 0.3) is 0 Å². The number of carbonyl (C=O) groups excluding carboxylic acids is 4. The second-order valence-electron chi connectivity index (χ2n) is 16.2. The van der Waals surface area contributed by atoms with Crippen molar-refractivity contribution < 1.29 is 23.9 Å². The molecule has 0 bridgehead atoms. The van der Waals surface area contributed by atoms with Crippen molar-refractivity contribution in [2.45, 2.75) is 91.7 Å². The van der Waals surface area contributed by atoms with Gasteiger partial charge in [0.25, 0.3) is 5.91 Å². The number of rotatable bonds is 9. The molecule has 3 saturated heterocycles. The van der Waals surface area contributed by atoms with Gasteiger partial charge in [0.15, 0.2) is 0 Å². The van der Waals surface area contributed by atoms with E-state index < -0.39 is 23.5 Å². The average molecular weight is 639 g/mol. The number of carbonyl (C=O) groups is 4. The highest BCUT2D eigenvalue weighted by atomic mass is 16.5. The third kappa shape index (κ3) is 6.71. The molecule has 46 heavy (non-hydrogen) atoms. The first kappa shape index (κ1) is 33.0. The summed E-state index contributed by atoms with van der Waals surface area (Å²) in [6, 6.07) is -0.825. The lowest BCUT2D eigenvalue weighted by atomic mass is 9.70. The molecule has 2 saturated carbocycles. The fraction of sp³-hybridized carbons (Fsp3) is 0.800. The lowest BCUT2D eigenvalue weighted by Gasteiger charge is -2.50. The van der Waals surface area contributed by atoms with Crippen LogP contribution in [0.4, 0.5) is 0 Å². The highest BCUT2D eigenvalue weighted by Crippen LogP contribution is 2.54. The monoisotopic (exact) mass is 638 g/mol. The van der Waals surface area contributed by atoms with E-state index in [2.05, 4.69) is 43.2 Å². The number of hydrogen-bond donors (Lipinski definition) is 2. The maximum absolute atomic E-state index is 14.4. The molecule has 5 aliphatic rings. The number of piperidine rings is 1. The molecule has 11 heteroatoms. The molecule has 6 atom stereocenters. The molecule has 1 aromatic heterocycles. The largest absolute Gasteiger partial charge is 0.376 e. The van der Waals surface area contributed by atoms with E-state index in [0.29, 0.717) is 62.6 Å². The molecule has 11 nitrogen and oxygen atoms in total. The van der Waals surface area contributed by atoms with Crippen LogP contribution in [-0.4, -0.2) is 107 Å². The van der Waals surface area contributed by atoms with Crippen LogP contribution in [0.3, 0.4) is 0 Å². The summed E-state index contributed by atoms with van der Waals surface area (Å²) in [5, 5.41) is 9.81. The van der Waals surface area contributed by atoms with Gasteiger partial charge in [-0.15, -0.1) is 0 Å². The van der Waals surface area contributed by atoms with Crippen LogP contribution in [0.2, 0.25) is 0 Å². The van der Waals surface area contributed by atoms with Gasteiger partial charge < -0.3 is 24.8 Å². The summed E-state index contributed by atoms with van der Waals surface area (Å²) in [5.41, 5.74) is -0.110. The van der Waals surface area contributed by atoms with Crippen molar-refractivity contribution in [1.82, 2.24) is 30.2 Å². The third-order valence-corrected chi connectivity index (χ3v) is 11.7. The summed E-state index contributed by atoms with van der Waals surface area (Å²) in [5.74, 6) is 0.323. The topological polar surface area (TPSA) is 128 Å². The van der Waals surface area contributed by atoms with E-state index in [1.165, 1.54) is 25.5 Å². The van der Waals surface area contributed by atoms with Crippen LogP contribution in [0.1, 0.15) is 89.9 Å². The quantitative estimate of drug-likeness (QED) is 0.427. The second kappa shape index (κ2) is 12.9. The van der Waals surface area contributed by atoms with Crippen molar-refractivity contribution in [3.8, 4) is 0 Å². The second-order valence-corrected chi connectivity index (χ2v) is 16.2. The molecule has 2 N–H and O–H groups in total. The Morgan fingerprint density at radius 2 is 1.63 bits per heavy atom. The fourth-order valence-electron chi connectivity index (χ4n) is 8.75. The van der Waals surface area contributed by atoms with E-state index in [-0.39, 0.29) is 41.5 Å². The van der Waals surface area contributed by atoms with Gasteiger partial charge in [-0.05, 0) is 55.8 Å². The zero-order valence-electron chi connectivity index (χ0n) is 28.4. The van der Waals surface area contributed by atoms with Crippen LogP contribution in [0.5, 0.6) is 0 Å². The van der Waals surface area contributed by atoms with Crippen LogP contribution in [0, 0.1) is 40.4 Å². The van der Waals surface area contributed by atoms with Gasteiger partial charge in [-0.3, -0.25) is 24.3 Å². The molecule has 2 aliphatic carbocycles. The number of nitrogens with zero attached hydrogens (tertiary/aromatic N) is 4. The average Bonchev–Trinajstić information content (AvgIpc) is 3.38. The summed E-state index contributed by atoms with van der Waals surface area (Å²) < 4.78 is 6.38. The highest BCUT2D eigenvalue weighted by Gasteiger charge is 2.62. The van der Waals surface area contributed by atoms with E-state index in [4.69, 9.17) is 4.74 Å². The SMILES string of the molecule is C[C@@H]1C[C@H](C)CN(C(=O)[C@@H](NC(=O)[C@H]2CN(C(=O)c3cn[nH]c3)CC23CN(C(=O)[C@H]2CC2(C)C)C3)[C@@H](C)OCC2CCCCC2)C1. The van der Waals surface area contributed by atoms with Crippen molar-refractivity contribution in [2.24, 2.45) is 40.4 Å². The number of ether oxygens (including phenoxy) is 1. The Bertz CT molecular complexity index is 1280. The van der Waals surface area contributed by atoms with Crippen molar-refractivity contribution >= 4 is 23.6 Å². The van der Waals surface area contributed by atoms with E-state index in [1.807, 2.05) is 16.7 Å². The van der Waals surface area contributed by atoms with E-state index in [9.17, 15) is 19.2 Å². The molecule has 254 valence electrons. The molecule has 1 aromatic rings. The predicted octanol–water partition coefficient (Wildman–Crippen LogP) is 3.33. The third-order valence-electron chi connectivity index (χ3n) is 11.7. The van der Waals surface area contributed by atoms with Gasteiger partial charge in [0.2, 0.25) is 17.7 Å².